The summed E-state index contributed by atoms with van der Waals surface area (Å²) in [7, 11) is 0. The van der Waals surface area contributed by atoms with Crippen LogP contribution in [0.25, 0.3) is 22.2 Å². The molecule has 0 saturated heterocycles. The Morgan fingerprint density at radius 2 is 1.55 bits per heavy atom. The molecule has 2 amide bonds. The van der Waals surface area contributed by atoms with Crippen molar-refractivity contribution in [1.29, 1.82) is 0 Å². The number of imide groups is 1. The number of pyridine rings is 1. The first kappa shape index (κ1) is 28.9. The van der Waals surface area contributed by atoms with Gasteiger partial charge in [0.25, 0.3) is 11.8 Å². The summed E-state index contributed by atoms with van der Waals surface area (Å²) in [5, 5.41) is 0.542. The van der Waals surface area contributed by atoms with Crippen molar-refractivity contribution in [2.24, 2.45) is 0 Å². The van der Waals surface area contributed by atoms with Crippen LogP contribution in [0.15, 0.2) is 97.1 Å². The molecule has 1 aliphatic heterocycles. The Kier molecular flexibility index (Phi) is 7.76. The van der Waals surface area contributed by atoms with Crippen molar-refractivity contribution >= 4 is 51.8 Å². The third-order valence-electron chi connectivity index (χ3n) is 7.44. The number of ether oxygens (including phenoxy) is 1. The monoisotopic (exact) mass is 606 g/mol. The van der Waals surface area contributed by atoms with Gasteiger partial charge in [-0.15, -0.1) is 11.6 Å². The second kappa shape index (κ2) is 11.8. The number of Topliss-reactive ketones (excluding diaryl/α,β-unsaturated/α-hetero) is 1. The van der Waals surface area contributed by atoms with E-state index >= 15 is 0 Å². The zero-order chi connectivity index (χ0) is 31.0. The minimum absolute atomic E-state index is 0.0613. The van der Waals surface area contributed by atoms with Gasteiger partial charge in [-0.05, 0) is 73.7 Å². The first-order chi connectivity index (χ1) is 21.2. The van der Waals surface area contributed by atoms with Gasteiger partial charge in [0.1, 0.15) is 5.82 Å². The topological polar surface area (TPSA) is 93.6 Å². The molecule has 0 fully saturated rings. The van der Waals surface area contributed by atoms with Crippen molar-refractivity contribution in [1.82, 2.24) is 4.98 Å². The predicted molar refractivity (Wildman–Crippen MR) is 165 cm³/mol. The Hall–Kier alpha value is -5.21. The van der Waals surface area contributed by atoms with Gasteiger partial charge in [-0.3, -0.25) is 14.4 Å². The van der Waals surface area contributed by atoms with Crippen LogP contribution >= 0.6 is 11.6 Å². The van der Waals surface area contributed by atoms with E-state index in [-0.39, 0.29) is 23.4 Å². The number of aromatic nitrogens is 1. The van der Waals surface area contributed by atoms with E-state index in [0.29, 0.717) is 39.0 Å². The number of esters is 1. The number of benzene rings is 4. The lowest BCUT2D eigenvalue weighted by atomic mass is 10.0. The van der Waals surface area contributed by atoms with Gasteiger partial charge in [0.05, 0.1) is 33.6 Å². The largest absolute Gasteiger partial charge is 0.450 e. The van der Waals surface area contributed by atoms with E-state index in [2.05, 4.69) is 0 Å². The SMILES string of the molecule is Cc1ccc2nc(-c3ccc(N4C(=O)c5ccccc5C4=O)cc3)cc(C(=O)OC(CCCl)C(=O)c3ccc(F)cc3)c2c1. The Morgan fingerprint density at radius 3 is 2.18 bits per heavy atom. The average molecular weight is 607 g/mol. The van der Waals surface area contributed by atoms with Gasteiger partial charge < -0.3 is 4.74 Å². The quantitative estimate of drug-likeness (QED) is 0.0803. The molecule has 44 heavy (non-hydrogen) atoms. The minimum Gasteiger partial charge on any atom is -0.450 e. The molecule has 6 rings (SSSR count). The van der Waals surface area contributed by atoms with Crippen LogP contribution in [0, 0.1) is 12.7 Å². The second-order valence-corrected chi connectivity index (χ2v) is 10.7. The normalized spacial score (nSPS) is 13.2. The number of ketones is 1. The van der Waals surface area contributed by atoms with Gasteiger partial charge in [-0.25, -0.2) is 19.1 Å². The number of nitrogens with zero attached hydrogens (tertiary/aromatic N) is 2. The number of carbonyl (C=O) groups excluding carboxylic acids is 4. The highest BCUT2D eigenvalue weighted by Gasteiger charge is 2.36. The fourth-order valence-corrected chi connectivity index (χ4v) is 5.39. The molecule has 5 aromatic rings. The van der Waals surface area contributed by atoms with E-state index in [1.807, 2.05) is 19.1 Å². The number of hydrogen-bond donors (Lipinski definition) is 0. The summed E-state index contributed by atoms with van der Waals surface area (Å²) in [6.45, 7) is 1.88. The summed E-state index contributed by atoms with van der Waals surface area (Å²) in [6.07, 6.45) is -1.11. The van der Waals surface area contributed by atoms with Crippen LogP contribution in [0.4, 0.5) is 10.1 Å². The molecule has 218 valence electrons. The fourth-order valence-electron chi connectivity index (χ4n) is 5.20. The van der Waals surface area contributed by atoms with Crippen LogP contribution < -0.4 is 4.90 Å². The maximum atomic E-state index is 13.6. The predicted octanol–water partition coefficient (Wildman–Crippen LogP) is 7.19. The molecule has 4 aromatic carbocycles. The Balaban J connectivity index is 1.33. The number of halogens is 2. The van der Waals surface area contributed by atoms with Gasteiger partial charge in [0.2, 0.25) is 5.78 Å². The van der Waals surface area contributed by atoms with Crippen molar-refractivity contribution < 1.29 is 28.3 Å². The third kappa shape index (κ3) is 5.36. The van der Waals surface area contributed by atoms with Crippen LogP contribution in [-0.2, 0) is 4.74 Å². The highest BCUT2D eigenvalue weighted by Crippen LogP contribution is 2.32. The number of rotatable bonds is 8. The Bertz CT molecular complexity index is 1920. The number of carbonyl (C=O) groups is 4. The molecule has 1 aliphatic rings. The van der Waals surface area contributed by atoms with Gasteiger partial charge in [0.15, 0.2) is 6.10 Å². The molecule has 2 heterocycles. The van der Waals surface area contributed by atoms with E-state index < -0.39 is 35.5 Å². The summed E-state index contributed by atoms with van der Waals surface area (Å²) in [5.41, 5.74) is 3.99. The maximum absolute atomic E-state index is 13.6. The first-order valence-electron chi connectivity index (χ1n) is 13.8. The van der Waals surface area contributed by atoms with E-state index in [1.54, 1.807) is 60.7 Å². The van der Waals surface area contributed by atoms with Gasteiger partial charge in [-0.2, -0.15) is 0 Å². The summed E-state index contributed by atoms with van der Waals surface area (Å²) in [4.78, 5) is 58.6. The highest BCUT2D eigenvalue weighted by molar-refractivity contribution is 6.34. The summed E-state index contributed by atoms with van der Waals surface area (Å²) < 4.78 is 19.2. The van der Waals surface area contributed by atoms with Crippen molar-refractivity contribution in [2.45, 2.75) is 19.4 Å². The van der Waals surface area contributed by atoms with E-state index in [9.17, 15) is 23.6 Å². The van der Waals surface area contributed by atoms with Crippen molar-refractivity contribution in [3.63, 3.8) is 0 Å². The Morgan fingerprint density at radius 1 is 0.886 bits per heavy atom. The number of alkyl halides is 1. The lowest BCUT2D eigenvalue weighted by Gasteiger charge is -2.18. The van der Waals surface area contributed by atoms with Crippen LogP contribution in [0.2, 0.25) is 0 Å². The zero-order valence-electron chi connectivity index (χ0n) is 23.4. The molecule has 0 saturated carbocycles. The van der Waals surface area contributed by atoms with Crippen LogP contribution in [0.5, 0.6) is 0 Å². The van der Waals surface area contributed by atoms with E-state index in [4.69, 9.17) is 21.3 Å². The molecule has 0 aliphatic carbocycles. The zero-order valence-corrected chi connectivity index (χ0v) is 24.2. The lowest BCUT2D eigenvalue weighted by Crippen LogP contribution is -2.29. The number of anilines is 1. The van der Waals surface area contributed by atoms with E-state index in [0.717, 1.165) is 22.6 Å². The molecular weight excluding hydrogens is 583 g/mol. The standard InChI is InChI=1S/C35H24ClFN2O5/c1-20-6-15-29-27(18-20)28(35(43)44-31(16-17-36)32(40)22-7-11-23(37)12-8-22)19-30(38-29)21-9-13-24(14-10-21)39-33(41)25-4-2-3-5-26(25)34(39)42/h2-15,18-19,31H,16-17H2,1H3. The van der Waals surface area contributed by atoms with Crippen LogP contribution in [0.3, 0.4) is 0 Å². The second-order valence-electron chi connectivity index (χ2n) is 10.4. The maximum Gasteiger partial charge on any atom is 0.339 e. The third-order valence-corrected chi connectivity index (χ3v) is 7.66. The van der Waals surface area contributed by atoms with Gasteiger partial charge >= 0.3 is 5.97 Å². The number of aryl methyl sites for hydroxylation is 1. The highest BCUT2D eigenvalue weighted by atomic mass is 35.5. The van der Waals surface area contributed by atoms with Gasteiger partial charge in [-0.1, -0.05) is 35.9 Å². The van der Waals surface area contributed by atoms with E-state index in [1.165, 1.54) is 12.1 Å². The summed E-state index contributed by atoms with van der Waals surface area (Å²) in [6, 6.07) is 25.4. The van der Waals surface area contributed by atoms with Crippen LogP contribution in [0.1, 0.15) is 53.4 Å². The smallest absolute Gasteiger partial charge is 0.339 e. The minimum atomic E-state index is -1.18. The van der Waals surface area contributed by atoms with Crippen molar-refractivity contribution in [3.05, 3.63) is 131 Å². The van der Waals surface area contributed by atoms with Gasteiger partial charge in [0, 0.05) is 28.8 Å². The molecule has 7 nitrogen and oxygen atoms in total. The lowest BCUT2D eigenvalue weighted by molar-refractivity contribution is 0.0280. The average Bonchev–Trinajstić information content (AvgIpc) is 3.29. The van der Waals surface area contributed by atoms with Crippen molar-refractivity contribution in [2.75, 3.05) is 10.8 Å². The summed E-state index contributed by atoms with van der Waals surface area (Å²) in [5.74, 6) is -2.45. The van der Waals surface area contributed by atoms with Crippen LogP contribution in [-0.4, -0.2) is 40.5 Å². The molecule has 0 N–H and O–H groups in total. The molecular formula is C35H24ClFN2O5. The molecule has 1 unspecified atom stereocenters. The van der Waals surface area contributed by atoms with Crippen molar-refractivity contribution in [3.8, 4) is 11.3 Å². The fraction of sp³-hybridized carbons (Fsp3) is 0.114. The number of hydrogen-bond acceptors (Lipinski definition) is 6. The first-order valence-corrected chi connectivity index (χ1v) is 14.3. The molecule has 1 atom stereocenters. The number of fused-ring (bicyclic) bond motifs is 2. The number of amides is 2. The molecule has 0 spiro atoms. The molecule has 0 bridgehead atoms. The molecule has 0 radical (unpaired) electrons. The summed E-state index contributed by atoms with van der Waals surface area (Å²) >= 11 is 5.95. The Labute approximate surface area is 256 Å². The molecule has 9 heteroatoms. The molecule has 1 aromatic heterocycles.